The van der Waals surface area contributed by atoms with Crippen LogP contribution in [0.4, 0.5) is 0 Å². The summed E-state index contributed by atoms with van der Waals surface area (Å²) in [5.74, 6) is 0. The molecule has 3 heteroatoms. The van der Waals surface area contributed by atoms with Gasteiger partial charge in [-0.25, -0.2) is 0 Å². The summed E-state index contributed by atoms with van der Waals surface area (Å²) in [4.78, 5) is 2.32. The van der Waals surface area contributed by atoms with E-state index in [1.807, 2.05) is 24.3 Å². The van der Waals surface area contributed by atoms with Crippen LogP contribution in [0.1, 0.15) is 36.8 Å². The fraction of sp³-hybridized carbons (Fsp3) is 0.562. The molecule has 102 valence electrons. The van der Waals surface area contributed by atoms with E-state index in [1.165, 1.54) is 24.8 Å². The smallest absolute Gasteiger partial charge is 0.0991 e. The number of nitrogens with zero attached hydrogens (tertiary/aromatic N) is 2. The van der Waals surface area contributed by atoms with E-state index in [0.29, 0.717) is 6.10 Å². The summed E-state index contributed by atoms with van der Waals surface area (Å²) in [5, 5.41) is 8.76. The van der Waals surface area contributed by atoms with Crippen LogP contribution in [-0.4, -0.2) is 31.2 Å². The monoisotopic (exact) mass is 258 g/mol. The van der Waals surface area contributed by atoms with Crippen molar-refractivity contribution in [1.29, 1.82) is 5.26 Å². The second kappa shape index (κ2) is 7.28. The molecule has 0 radical (unpaired) electrons. The summed E-state index contributed by atoms with van der Waals surface area (Å²) < 4.78 is 5.75. The Morgan fingerprint density at radius 2 is 2.11 bits per heavy atom. The highest BCUT2D eigenvalue weighted by Gasteiger charge is 2.14. The van der Waals surface area contributed by atoms with Crippen LogP contribution in [0.25, 0.3) is 0 Å². The van der Waals surface area contributed by atoms with Gasteiger partial charge in [0.25, 0.3) is 0 Å². The molecule has 1 saturated heterocycles. The Labute approximate surface area is 115 Å². The number of hydrogen-bond acceptors (Lipinski definition) is 3. The second-order valence-corrected chi connectivity index (χ2v) is 5.32. The van der Waals surface area contributed by atoms with Gasteiger partial charge >= 0.3 is 0 Å². The molecule has 1 atom stereocenters. The van der Waals surface area contributed by atoms with E-state index in [0.717, 1.165) is 31.7 Å². The highest BCUT2D eigenvalue weighted by atomic mass is 16.5. The van der Waals surface area contributed by atoms with Crippen molar-refractivity contribution in [2.45, 2.75) is 38.3 Å². The maximum absolute atomic E-state index is 8.76. The number of nitriles is 1. The Bertz CT molecular complexity index is 415. The summed E-state index contributed by atoms with van der Waals surface area (Å²) in [6.07, 6.45) is 5.32. The van der Waals surface area contributed by atoms with Crippen LogP contribution in [-0.2, 0) is 11.3 Å². The van der Waals surface area contributed by atoms with Crippen molar-refractivity contribution < 1.29 is 4.74 Å². The van der Waals surface area contributed by atoms with Gasteiger partial charge < -0.3 is 9.64 Å². The fourth-order valence-corrected chi connectivity index (χ4v) is 2.47. The first kappa shape index (κ1) is 14.0. The predicted molar refractivity (Wildman–Crippen MR) is 75.7 cm³/mol. The molecule has 0 amide bonds. The topological polar surface area (TPSA) is 36.3 Å². The van der Waals surface area contributed by atoms with Crippen LogP contribution in [0.3, 0.4) is 0 Å². The van der Waals surface area contributed by atoms with E-state index in [2.05, 4.69) is 18.0 Å². The third-order valence-electron chi connectivity index (χ3n) is 3.64. The Balaban J connectivity index is 1.73. The maximum Gasteiger partial charge on any atom is 0.0991 e. The number of hydrogen-bond donors (Lipinski definition) is 0. The minimum Gasteiger partial charge on any atom is -0.378 e. The first-order valence-electron chi connectivity index (χ1n) is 7.07. The minimum atomic E-state index is 0.456. The second-order valence-electron chi connectivity index (χ2n) is 5.32. The van der Waals surface area contributed by atoms with E-state index in [1.54, 1.807) is 0 Å². The summed E-state index contributed by atoms with van der Waals surface area (Å²) in [7, 11) is 2.14. The molecule has 0 unspecified atom stereocenters. The SMILES string of the molecule is CN(CC[C@H]1CCCCO1)Cc1ccc(C#N)cc1. The highest BCUT2D eigenvalue weighted by Crippen LogP contribution is 2.16. The average molecular weight is 258 g/mol. The average Bonchev–Trinajstić information content (AvgIpc) is 2.47. The maximum atomic E-state index is 8.76. The number of ether oxygens (including phenoxy) is 1. The summed E-state index contributed by atoms with van der Waals surface area (Å²) in [5.41, 5.74) is 1.98. The highest BCUT2D eigenvalue weighted by molar-refractivity contribution is 5.31. The molecule has 1 fully saturated rings. The van der Waals surface area contributed by atoms with Crippen LogP contribution < -0.4 is 0 Å². The van der Waals surface area contributed by atoms with Gasteiger partial charge in [-0.05, 0) is 50.4 Å². The molecule has 1 aliphatic rings. The van der Waals surface area contributed by atoms with Crippen LogP contribution in [0.15, 0.2) is 24.3 Å². The zero-order valence-corrected chi connectivity index (χ0v) is 11.6. The first-order chi connectivity index (χ1) is 9.28. The molecule has 0 N–H and O–H groups in total. The fourth-order valence-electron chi connectivity index (χ4n) is 2.47. The van der Waals surface area contributed by atoms with Crippen molar-refractivity contribution in [3.63, 3.8) is 0 Å². The van der Waals surface area contributed by atoms with Crippen molar-refractivity contribution in [2.24, 2.45) is 0 Å². The molecule has 0 saturated carbocycles. The van der Waals surface area contributed by atoms with E-state index in [-0.39, 0.29) is 0 Å². The Morgan fingerprint density at radius 1 is 1.32 bits per heavy atom. The molecule has 0 aromatic heterocycles. The minimum absolute atomic E-state index is 0.456. The molecule has 19 heavy (non-hydrogen) atoms. The molecular weight excluding hydrogens is 236 g/mol. The summed E-state index contributed by atoms with van der Waals surface area (Å²) >= 11 is 0. The third kappa shape index (κ3) is 4.66. The molecule has 0 aliphatic carbocycles. The molecule has 3 nitrogen and oxygen atoms in total. The molecule has 0 bridgehead atoms. The van der Waals surface area contributed by atoms with Gasteiger partial charge in [-0.1, -0.05) is 12.1 Å². The van der Waals surface area contributed by atoms with E-state index < -0.39 is 0 Å². The van der Waals surface area contributed by atoms with Gasteiger partial charge in [0.15, 0.2) is 0 Å². The van der Waals surface area contributed by atoms with Crippen molar-refractivity contribution in [3.8, 4) is 6.07 Å². The van der Waals surface area contributed by atoms with E-state index in [4.69, 9.17) is 10.00 Å². The Hall–Kier alpha value is -1.37. The number of rotatable bonds is 5. The summed E-state index contributed by atoms with van der Waals surface area (Å²) in [6, 6.07) is 9.98. The van der Waals surface area contributed by atoms with Gasteiger partial charge in [-0.2, -0.15) is 5.26 Å². The van der Waals surface area contributed by atoms with Gasteiger partial charge in [0.2, 0.25) is 0 Å². The van der Waals surface area contributed by atoms with Gasteiger partial charge in [-0.15, -0.1) is 0 Å². The third-order valence-corrected chi connectivity index (χ3v) is 3.64. The summed E-state index contributed by atoms with van der Waals surface area (Å²) in [6.45, 7) is 2.92. The van der Waals surface area contributed by atoms with Crippen LogP contribution in [0.5, 0.6) is 0 Å². The zero-order chi connectivity index (χ0) is 13.5. The lowest BCUT2D eigenvalue weighted by Crippen LogP contribution is -2.26. The van der Waals surface area contributed by atoms with Gasteiger partial charge in [0.1, 0.15) is 0 Å². The molecule has 1 aromatic rings. The Kier molecular flexibility index (Phi) is 5.38. The van der Waals surface area contributed by atoms with Gasteiger partial charge in [0, 0.05) is 19.7 Å². The standard InChI is InChI=1S/C16H22N2O/c1-18(10-9-16-4-2-3-11-19-16)13-15-7-5-14(12-17)6-8-15/h5-8,16H,2-4,9-11,13H2,1H3/t16-/m1/s1. The van der Waals surface area contributed by atoms with Crippen LogP contribution >= 0.6 is 0 Å². The normalized spacial score (nSPS) is 19.3. The zero-order valence-electron chi connectivity index (χ0n) is 11.6. The van der Waals surface area contributed by atoms with E-state index >= 15 is 0 Å². The van der Waals surface area contributed by atoms with Crippen molar-refractivity contribution in [1.82, 2.24) is 4.90 Å². The lowest BCUT2D eigenvalue weighted by Gasteiger charge is -2.25. The first-order valence-corrected chi connectivity index (χ1v) is 7.07. The molecular formula is C16H22N2O. The largest absolute Gasteiger partial charge is 0.378 e. The predicted octanol–water partition coefficient (Wildman–Crippen LogP) is 2.95. The lowest BCUT2D eigenvalue weighted by atomic mass is 10.1. The molecule has 2 rings (SSSR count). The Morgan fingerprint density at radius 3 is 2.74 bits per heavy atom. The van der Waals surface area contributed by atoms with Crippen LogP contribution in [0, 0.1) is 11.3 Å². The van der Waals surface area contributed by atoms with Gasteiger partial charge in [-0.3, -0.25) is 0 Å². The van der Waals surface area contributed by atoms with Crippen molar-refractivity contribution in [3.05, 3.63) is 35.4 Å². The molecule has 0 spiro atoms. The van der Waals surface area contributed by atoms with Crippen LogP contribution in [0.2, 0.25) is 0 Å². The van der Waals surface area contributed by atoms with Gasteiger partial charge in [0.05, 0.1) is 17.7 Å². The number of benzene rings is 1. The molecule has 1 heterocycles. The van der Waals surface area contributed by atoms with Crippen molar-refractivity contribution >= 4 is 0 Å². The molecule has 1 aliphatic heterocycles. The molecule has 1 aromatic carbocycles. The lowest BCUT2D eigenvalue weighted by molar-refractivity contribution is 0.00641. The van der Waals surface area contributed by atoms with Crippen molar-refractivity contribution in [2.75, 3.05) is 20.2 Å². The quantitative estimate of drug-likeness (QED) is 0.814. The van der Waals surface area contributed by atoms with E-state index in [9.17, 15) is 0 Å².